The third-order valence-corrected chi connectivity index (χ3v) is 2.27. The molecule has 0 aliphatic carbocycles. The van der Waals surface area contributed by atoms with Crippen LogP contribution in [0, 0.1) is 0 Å². The summed E-state index contributed by atoms with van der Waals surface area (Å²) in [7, 11) is 0. The fraction of sp³-hybridized carbons (Fsp3) is 1.00. The number of piperidine rings is 1. The summed E-state index contributed by atoms with van der Waals surface area (Å²) in [5.41, 5.74) is 0. The van der Waals surface area contributed by atoms with Crippen LogP contribution in [0.5, 0.6) is 0 Å². The van der Waals surface area contributed by atoms with Gasteiger partial charge in [-0.15, -0.1) is 5.11 Å². The minimum absolute atomic E-state index is 0.218. The third kappa shape index (κ3) is 1.50. The largest absolute Gasteiger partial charge is 0.376 e. The Morgan fingerprint density at radius 1 is 1.18 bits per heavy atom. The van der Waals surface area contributed by atoms with E-state index in [1.807, 2.05) is 0 Å². The lowest BCUT2D eigenvalue weighted by Gasteiger charge is -2.28. The van der Waals surface area contributed by atoms with Crippen molar-refractivity contribution in [3.05, 3.63) is 0 Å². The molecule has 1 unspecified atom stereocenters. The highest BCUT2D eigenvalue weighted by Gasteiger charge is 2.23. The van der Waals surface area contributed by atoms with Crippen LogP contribution < -0.4 is 0 Å². The van der Waals surface area contributed by atoms with Crippen molar-refractivity contribution >= 4 is 0 Å². The van der Waals surface area contributed by atoms with Gasteiger partial charge in [0.15, 0.2) is 12.8 Å². The highest BCUT2D eigenvalue weighted by atomic mass is 16.7. The first kappa shape index (κ1) is 7.03. The molecule has 4 nitrogen and oxygen atoms in total. The van der Waals surface area contributed by atoms with Crippen molar-refractivity contribution in [1.29, 1.82) is 0 Å². The SMILES string of the molecule is C1CCN(C2CON=N2)CC1. The molecule has 11 heavy (non-hydrogen) atoms. The Labute approximate surface area is 66.2 Å². The zero-order valence-electron chi connectivity index (χ0n) is 6.57. The van der Waals surface area contributed by atoms with Gasteiger partial charge < -0.3 is 4.84 Å². The van der Waals surface area contributed by atoms with Crippen molar-refractivity contribution in [3.63, 3.8) is 0 Å². The molecule has 0 aromatic heterocycles. The van der Waals surface area contributed by atoms with Crippen molar-refractivity contribution in [2.45, 2.75) is 25.4 Å². The molecule has 0 radical (unpaired) electrons. The molecule has 0 bridgehead atoms. The molecule has 0 aromatic carbocycles. The summed E-state index contributed by atoms with van der Waals surface area (Å²) < 4.78 is 0. The molecule has 2 aliphatic rings. The first-order valence-electron chi connectivity index (χ1n) is 4.23. The minimum atomic E-state index is 0.218. The summed E-state index contributed by atoms with van der Waals surface area (Å²) in [6, 6.07) is 0. The summed E-state index contributed by atoms with van der Waals surface area (Å²) in [5, 5.41) is 7.51. The number of nitrogens with zero attached hydrogens (tertiary/aromatic N) is 3. The van der Waals surface area contributed by atoms with Crippen LogP contribution in [-0.4, -0.2) is 30.8 Å². The van der Waals surface area contributed by atoms with E-state index in [1.165, 1.54) is 19.3 Å². The normalized spacial score (nSPS) is 32.2. The van der Waals surface area contributed by atoms with Gasteiger partial charge in [-0.1, -0.05) is 6.42 Å². The van der Waals surface area contributed by atoms with Crippen LogP contribution in [-0.2, 0) is 4.84 Å². The van der Waals surface area contributed by atoms with Gasteiger partial charge in [-0.2, -0.15) is 0 Å². The molecule has 0 N–H and O–H groups in total. The number of likely N-dealkylation sites (tertiary alicyclic amines) is 1. The minimum Gasteiger partial charge on any atom is -0.376 e. The van der Waals surface area contributed by atoms with Crippen molar-refractivity contribution in [2.75, 3.05) is 19.7 Å². The molecule has 2 aliphatic heterocycles. The molecule has 62 valence electrons. The van der Waals surface area contributed by atoms with Gasteiger partial charge in [-0.05, 0) is 12.8 Å². The second-order valence-electron chi connectivity index (χ2n) is 3.07. The molecule has 0 saturated carbocycles. The van der Waals surface area contributed by atoms with Gasteiger partial charge in [-0.3, -0.25) is 4.90 Å². The van der Waals surface area contributed by atoms with Crippen LogP contribution in [0.4, 0.5) is 0 Å². The fourth-order valence-electron chi connectivity index (χ4n) is 1.62. The molecule has 1 saturated heterocycles. The Hall–Kier alpha value is -0.640. The maximum Gasteiger partial charge on any atom is 0.164 e. The third-order valence-electron chi connectivity index (χ3n) is 2.27. The lowest BCUT2D eigenvalue weighted by Crippen LogP contribution is -2.38. The molecule has 2 rings (SSSR count). The van der Waals surface area contributed by atoms with Crippen molar-refractivity contribution < 1.29 is 4.84 Å². The lowest BCUT2D eigenvalue weighted by molar-refractivity contribution is 0.105. The summed E-state index contributed by atoms with van der Waals surface area (Å²) in [5.74, 6) is 0. The first-order chi connectivity index (χ1) is 5.47. The van der Waals surface area contributed by atoms with E-state index in [9.17, 15) is 0 Å². The van der Waals surface area contributed by atoms with E-state index in [-0.39, 0.29) is 6.17 Å². The monoisotopic (exact) mass is 155 g/mol. The van der Waals surface area contributed by atoms with Crippen molar-refractivity contribution in [3.8, 4) is 0 Å². The van der Waals surface area contributed by atoms with Crippen LogP contribution in [0.2, 0.25) is 0 Å². The topological polar surface area (TPSA) is 37.2 Å². The average molecular weight is 155 g/mol. The van der Waals surface area contributed by atoms with Gasteiger partial charge in [0.05, 0.1) is 0 Å². The maximum atomic E-state index is 4.83. The molecule has 0 spiro atoms. The molecule has 0 aromatic rings. The van der Waals surface area contributed by atoms with Crippen LogP contribution >= 0.6 is 0 Å². The van der Waals surface area contributed by atoms with Gasteiger partial charge in [0.1, 0.15) is 0 Å². The van der Waals surface area contributed by atoms with Crippen molar-refractivity contribution in [2.24, 2.45) is 10.4 Å². The van der Waals surface area contributed by atoms with E-state index in [2.05, 4.69) is 15.3 Å². The van der Waals surface area contributed by atoms with E-state index in [4.69, 9.17) is 4.84 Å². The van der Waals surface area contributed by atoms with E-state index in [1.54, 1.807) is 0 Å². The predicted molar refractivity (Wildman–Crippen MR) is 40.0 cm³/mol. The van der Waals surface area contributed by atoms with Gasteiger partial charge in [0.25, 0.3) is 0 Å². The quantitative estimate of drug-likeness (QED) is 0.570. The molecule has 0 amide bonds. The Kier molecular flexibility index (Phi) is 2.03. The Morgan fingerprint density at radius 2 is 2.00 bits per heavy atom. The van der Waals surface area contributed by atoms with Gasteiger partial charge in [0.2, 0.25) is 0 Å². The zero-order chi connectivity index (χ0) is 7.52. The zero-order valence-corrected chi connectivity index (χ0v) is 6.57. The van der Waals surface area contributed by atoms with E-state index >= 15 is 0 Å². The molecular weight excluding hydrogens is 142 g/mol. The van der Waals surface area contributed by atoms with Crippen molar-refractivity contribution in [1.82, 2.24) is 4.90 Å². The number of rotatable bonds is 1. The Bertz CT molecular complexity index is 154. The molecule has 2 heterocycles. The Balaban J connectivity index is 1.87. The molecule has 4 heteroatoms. The maximum absolute atomic E-state index is 4.83. The summed E-state index contributed by atoms with van der Waals surface area (Å²) in [6.45, 7) is 2.97. The fourth-order valence-corrected chi connectivity index (χ4v) is 1.62. The summed E-state index contributed by atoms with van der Waals surface area (Å²) >= 11 is 0. The van der Waals surface area contributed by atoms with E-state index < -0.39 is 0 Å². The van der Waals surface area contributed by atoms with Crippen LogP contribution in [0.1, 0.15) is 19.3 Å². The van der Waals surface area contributed by atoms with Gasteiger partial charge >= 0.3 is 0 Å². The van der Waals surface area contributed by atoms with Crippen LogP contribution in [0.3, 0.4) is 0 Å². The number of hydrogen-bond donors (Lipinski definition) is 0. The van der Waals surface area contributed by atoms with E-state index in [0.29, 0.717) is 6.61 Å². The first-order valence-corrected chi connectivity index (χ1v) is 4.23. The standard InChI is InChI=1S/C7H13N3O/c1-2-4-10(5-3-1)7-6-11-9-8-7/h7H,1-6H2. The van der Waals surface area contributed by atoms with E-state index in [0.717, 1.165) is 13.1 Å². The van der Waals surface area contributed by atoms with Gasteiger partial charge in [-0.25, -0.2) is 0 Å². The predicted octanol–water partition coefficient (Wildman–Crippen LogP) is 1.20. The highest BCUT2D eigenvalue weighted by Crippen LogP contribution is 2.16. The average Bonchev–Trinajstić information content (AvgIpc) is 2.58. The highest BCUT2D eigenvalue weighted by molar-refractivity contribution is 4.72. The van der Waals surface area contributed by atoms with Gasteiger partial charge in [0, 0.05) is 18.4 Å². The molecular formula is C7H13N3O. The molecule has 1 atom stereocenters. The smallest absolute Gasteiger partial charge is 0.164 e. The summed E-state index contributed by atoms with van der Waals surface area (Å²) in [6.07, 6.45) is 4.18. The second-order valence-corrected chi connectivity index (χ2v) is 3.07. The van der Waals surface area contributed by atoms with Crippen LogP contribution in [0.25, 0.3) is 0 Å². The molecule has 1 fully saturated rings. The Morgan fingerprint density at radius 3 is 2.64 bits per heavy atom. The lowest BCUT2D eigenvalue weighted by atomic mass is 10.1. The summed E-state index contributed by atoms with van der Waals surface area (Å²) in [4.78, 5) is 7.17. The van der Waals surface area contributed by atoms with Crippen LogP contribution in [0.15, 0.2) is 10.4 Å². The second kappa shape index (κ2) is 3.17. The number of hydrogen-bond acceptors (Lipinski definition) is 4.